The van der Waals surface area contributed by atoms with Crippen LogP contribution in [0.4, 0.5) is 0 Å². The fourth-order valence-corrected chi connectivity index (χ4v) is 6.36. The van der Waals surface area contributed by atoms with Gasteiger partial charge < -0.3 is 5.11 Å². The second kappa shape index (κ2) is 12.0. The zero-order valence-electron chi connectivity index (χ0n) is 20.2. The van der Waals surface area contributed by atoms with E-state index >= 15 is 0 Å². The van der Waals surface area contributed by atoms with Crippen molar-refractivity contribution in [3.05, 3.63) is 65.5 Å². The normalized spacial score (nSPS) is 23.0. The van der Waals surface area contributed by atoms with E-state index in [4.69, 9.17) is 9.82 Å². The quantitative estimate of drug-likeness (QED) is 0.526. The van der Waals surface area contributed by atoms with Gasteiger partial charge in [0.25, 0.3) is 5.91 Å². The Labute approximate surface area is 202 Å². The van der Waals surface area contributed by atoms with Gasteiger partial charge in [-0.3, -0.25) is 19.5 Å². The molecule has 3 unspecified atom stereocenters. The minimum atomic E-state index is -0.314. The van der Waals surface area contributed by atoms with Crippen molar-refractivity contribution in [1.29, 1.82) is 0 Å². The minimum Gasteiger partial charge on any atom is -0.395 e. The minimum absolute atomic E-state index is 0.0715. The topological polar surface area (TPSA) is 65.9 Å². The standard InChI is InChI=1S/C24H31N3O3S.C2H6/c1-26(30-2)23(29)24-15-20(24)14-22(31-24)21-9-8-19(16-25-21)17-27(12-13-28)11-10-18-6-4-3-5-7-18;1-2/h3-9,16,20,22,28H,10-15,17H2,1-2H3;1-2H3. The van der Waals surface area contributed by atoms with Gasteiger partial charge in [-0.1, -0.05) is 50.2 Å². The summed E-state index contributed by atoms with van der Waals surface area (Å²) in [5.41, 5.74) is 3.49. The molecule has 0 spiro atoms. The number of hydroxylamine groups is 2. The van der Waals surface area contributed by atoms with Gasteiger partial charge in [-0.05, 0) is 42.4 Å². The maximum absolute atomic E-state index is 12.7. The third-order valence-electron chi connectivity index (χ3n) is 6.38. The van der Waals surface area contributed by atoms with Gasteiger partial charge >= 0.3 is 0 Å². The summed E-state index contributed by atoms with van der Waals surface area (Å²) in [6, 6.07) is 14.7. The first-order chi connectivity index (χ1) is 16.1. The Hall–Kier alpha value is -1.93. The number of carbonyl (C=O) groups excluding carboxylic acids is 1. The Balaban J connectivity index is 0.00000149. The number of aliphatic hydroxyl groups is 1. The Morgan fingerprint density at radius 3 is 2.58 bits per heavy atom. The number of hydrogen-bond acceptors (Lipinski definition) is 6. The monoisotopic (exact) mass is 471 g/mol. The molecule has 1 aromatic carbocycles. The maximum atomic E-state index is 12.7. The number of aliphatic hydroxyl groups excluding tert-OH is 1. The molecule has 3 atom stereocenters. The molecule has 180 valence electrons. The molecule has 2 aliphatic rings. The molecular formula is C26H37N3O3S. The highest BCUT2D eigenvalue weighted by molar-refractivity contribution is 8.02. The molecule has 2 fully saturated rings. The molecule has 6 nitrogen and oxygen atoms in total. The third-order valence-corrected chi connectivity index (χ3v) is 8.20. The number of carbonyl (C=O) groups is 1. The predicted molar refractivity (Wildman–Crippen MR) is 134 cm³/mol. The van der Waals surface area contributed by atoms with Crippen LogP contribution in [0.5, 0.6) is 0 Å². The lowest BCUT2D eigenvalue weighted by molar-refractivity contribution is -0.169. The van der Waals surface area contributed by atoms with Crippen molar-refractivity contribution in [3.63, 3.8) is 0 Å². The average molecular weight is 472 g/mol. The highest BCUT2D eigenvalue weighted by Crippen LogP contribution is 2.69. The highest BCUT2D eigenvalue weighted by Gasteiger charge is 2.67. The van der Waals surface area contributed by atoms with E-state index in [1.54, 1.807) is 18.8 Å². The number of nitrogens with zero attached hydrogens (tertiary/aromatic N) is 3. The van der Waals surface area contributed by atoms with Crippen molar-refractivity contribution in [3.8, 4) is 0 Å². The number of rotatable bonds is 10. The van der Waals surface area contributed by atoms with Gasteiger partial charge in [0.1, 0.15) is 4.75 Å². The number of thioether (sulfide) groups is 1. The molecule has 0 radical (unpaired) electrons. The van der Waals surface area contributed by atoms with Gasteiger partial charge in [-0.2, -0.15) is 0 Å². The summed E-state index contributed by atoms with van der Waals surface area (Å²) >= 11 is 1.75. The molecule has 2 aromatic rings. The fourth-order valence-electron chi connectivity index (χ4n) is 4.45. The van der Waals surface area contributed by atoms with E-state index in [1.165, 1.54) is 17.7 Å². The highest BCUT2D eigenvalue weighted by atomic mass is 32.2. The van der Waals surface area contributed by atoms with Crippen molar-refractivity contribution < 1.29 is 14.7 Å². The summed E-state index contributed by atoms with van der Waals surface area (Å²) < 4.78 is -0.314. The molecule has 1 saturated heterocycles. The summed E-state index contributed by atoms with van der Waals surface area (Å²) in [5, 5.41) is 11.1. The van der Waals surface area contributed by atoms with Crippen LogP contribution in [0.15, 0.2) is 48.7 Å². The van der Waals surface area contributed by atoms with Crippen LogP contribution in [-0.4, -0.2) is 64.6 Å². The van der Waals surface area contributed by atoms with Crippen LogP contribution in [-0.2, 0) is 22.6 Å². The largest absolute Gasteiger partial charge is 0.395 e. The van der Waals surface area contributed by atoms with E-state index in [0.29, 0.717) is 12.5 Å². The first-order valence-corrected chi connectivity index (χ1v) is 12.8. The number of hydrogen-bond donors (Lipinski definition) is 1. The molecule has 1 aliphatic heterocycles. The van der Waals surface area contributed by atoms with Crippen LogP contribution in [0, 0.1) is 5.92 Å². The van der Waals surface area contributed by atoms with Crippen LogP contribution < -0.4 is 0 Å². The lowest BCUT2D eigenvalue weighted by Crippen LogP contribution is -2.35. The molecule has 1 N–H and O–H groups in total. The van der Waals surface area contributed by atoms with E-state index in [1.807, 2.05) is 26.1 Å². The molecule has 1 aliphatic carbocycles. The number of pyridine rings is 1. The van der Waals surface area contributed by atoms with Crippen LogP contribution in [0.2, 0.25) is 0 Å². The zero-order valence-corrected chi connectivity index (χ0v) is 21.1. The lowest BCUT2D eigenvalue weighted by atomic mass is 10.1. The van der Waals surface area contributed by atoms with Gasteiger partial charge in [0, 0.05) is 38.1 Å². The molecule has 33 heavy (non-hydrogen) atoms. The number of benzene rings is 1. The molecule has 2 heterocycles. The van der Waals surface area contributed by atoms with Crippen LogP contribution in [0.25, 0.3) is 0 Å². The summed E-state index contributed by atoms with van der Waals surface area (Å²) in [5.74, 6) is 0.495. The van der Waals surface area contributed by atoms with Gasteiger partial charge in [-0.25, -0.2) is 5.06 Å². The smallest absolute Gasteiger partial charge is 0.262 e. The number of fused-ring (bicyclic) bond motifs is 1. The molecular weight excluding hydrogens is 434 g/mol. The lowest BCUT2D eigenvalue weighted by Gasteiger charge is -2.22. The number of aromatic nitrogens is 1. The Kier molecular flexibility index (Phi) is 9.32. The first kappa shape index (κ1) is 25.7. The van der Waals surface area contributed by atoms with Gasteiger partial charge in [0.2, 0.25) is 0 Å². The van der Waals surface area contributed by atoms with Crippen LogP contribution in [0.1, 0.15) is 48.8 Å². The van der Waals surface area contributed by atoms with E-state index in [9.17, 15) is 9.90 Å². The van der Waals surface area contributed by atoms with Crippen molar-refractivity contribution in [2.24, 2.45) is 5.92 Å². The molecule has 1 amide bonds. The average Bonchev–Trinajstić information content (AvgIpc) is 3.44. The fraction of sp³-hybridized carbons (Fsp3) is 0.538. The summed E-state index contributed by atoms with van der Waals surface area (Å²) in [6.07, 6.45) is 4.84. The molecule has 1 aromatic heterocycles. The van der Waals surface area contributed by atoms with Gasteiger partial charge in [0.15, 0.2) is 0 Å². The van der Waals surface area contributed by atoms with E-state index in [-0.39, 0.29) is 22.5 Å². The summed E-state index contributed by atoms with van der Waals surface area (Å²) in [6.45, 7) is 6.45. The molecule has 1 saturated carbocycles. The van der Waals surface area contributed by atoms with E-state index in [2.05, 4.69) is 41.3 Å². The third kappa shape index (κ3) is 6.15. The summed E-state index contributed by atoms with van der Waals surface area (Å²) in [7, 11) is 3.21. The SMILES string of the molecule is CC.CON(C)C(=O)C12CC1CC(c1ccc(CN(CCO)CCc3ccccc3)cn1)S2. The number of amides is 1. The predicted octanol–water partition coefficient (Wildman–Crippen LogP) is 4.10. The van der Waals surface area contributed by atoms with E-state index in [0.717, 1.165) is 43.6 Å². The Morgan fingerprint density at radius 1 is 1.18 bits per heavy atom. The first-order valence-electron chi connectivity index (χ1n) is 11.9. The zero-order chi connectivity index (χ0) is 23.8. The second-order valence-electron chi connectivity index (χ2n) is 8.44. The van der Waals surface area contributed by atoms with Crippen molar-refractivity contribution >= 4 is 17.7 Å². The van der Waals surface area contributed by atoms with Crippen molar-refractivity contribution in [2.45, 2.75) is 49.7 Å². The van der Waals surface area contributed by atoms with E-state index < -0.39 is 0 Å². The molecule has 4 rings (SSSR count). The summed E-state index contributed by atoms with van der Waals surface area (Å²) in [4.78, 5) is 24.8. The molecule has 0 bridgehead atoms. The van der Waals surface area contributed by atoms with Crippen molar-refractivity contribution in [2.75, 3.05) is 33.9 Å². The Morgan fingerprint density at radius 2 is 1.94 bits per heavy atom. The molecule has 7 heteroatoms. The van der Waals surface area contributed by atoms with Crippen LogP contribution in [0.3, 0.4) is 0 Å². The van der Waals surface area contributed by atoms with Gasteiger partial charge in [-0.15, -0.1) is 11.8 Å². The maximum Gasteiger partial charge on any atom is 0.262 e. The van der Waals surface area contributed by atoms with Crippen LogP contribution >= 0.6 is 11.8 Å². The Bertz CT molecular complexity index is 880. The van der Waals surface area contributed by atoms with Crippen molar-refractivity contribution in [1.82, 2.24) is 14.9 Å². The van der Waals surface area contributed by atoms with Gasteiger partial charge in [0.05, 0.1) is 19.4 Å². The second-order valence-corrected chi connectivity index (χ2v) is 9.98.